The van der Waals surface area contributed by atoms with Crippen molar-refractivity contribution in [3.8, 4) is 11.5 Å². The van der Waals surface area contributed by atoms with Crippen LogP contribution < -0.4 is 9.47 Å². The van der Waals surface area contributed by atoms with E-state index in [0.29, 0.717) is 24.8 Å². The number of hydrogen-bond acceptors (Lipinski definition) is 7. The topological polar surface area (TPSA) is 80.3 Å². The molecule has 0 amide bonds. The molecule has 0 bridgehead atoms. The SMILES string of the molecule is C/C=C(\COc1ccc(CCC(C)C)c(OC)c1C)OC=O.C=C(/C=C/C)COC(C)=O.CC.CCC1CCOC1. The maximum atomic E-state index is 10.4. The molecule has 1 heterocycles. The van der Waals surface area contributed by atoms with E-state index in [9.17, 15) is 9.59 Å². The second kappa shape index (κ2) is 25.9. The van der Waals surface area contributed by atoms with Crippen LogP contribution in [0.3, 0.4) is 0 Å². The van der Waals surface area contributed by atoms with Crippen molar-refractivity contribution in [3.63, 3.8) is 0 Å². The number of carbonyl (C=O) groups excluding carboxylic acids is 2. The molecule has 0 spiro atoms. The third kappa shape index (κ3) is 19.6. The maximum Gasteiger partial charge on any atom is 0.302 e. The molecule has 2 rings (SSSR count). The third-order valence-corrected chi connectivity index (χ3v) is 5.99. The molecule has 0 aliphatic carbocycles. The first-order valence-electron chi connectivity index (χ1n) is 14.7. The number of ether oxygens (including phenoxy) is 5. The van der Waals surface area contributed by atoms with Crippen molar-refractivity contribution in [2.45, 2.75) is 88.0 Å². The molecular weight excluding hydrogens is 520 g/mol. The summed E-state index contributed by atoms with van der Waals surface area (Å²) in [5.41, 5.74) is 2.96. The van der Waals surface area contributed by atoms with Crippen LogP contribution in [0, 0.1) is 18.8 Å². The van der Waals surface area contributed by atoms with Crippen LogP contribution in [-0.2, 0) is 30.2 Å². The van der Waals surface area contributed by atoms with Crippen molar-refractivity contribution in [1.82, 2.24) is 0 Å². The van der Waals surface area contributed by atoms with Crippen LogP contribution in [0.4, 0.5) is 0 Å². The lowest BCUT2D eigenvalue weighted by molar-refractivity contribution is -0.139. The molecule has 1 aromatic rings. The number of rotatable bonds is 13. The summed E-state index contributed by atoms with van der Waals surface area (Å²) in [4.78, 5) is 20.7. The maximum absolute atomic E-state index is 10.4. The van der Waals surface area contributed by atoms with E-state index in [1.54, 1.807) is 20.1 Å². The molecule has 1 atom stereocenters. The van der Waals surface area contributed by atoms with Crippen LogP contribution in [-0.4, -0.2) is 46.0 Å². The molecule has 0 aromatic heterocycles. The number of esters is 1. The molecule has 0 N–H and O–H groups in total. The van der Waals surface area contributed by atoms with Gasteiger partial charge >= 0.3 is 5.97 Å². The molecule has 1 aromatic carbocycles. The van der Waals surface area contributed by atoms with E-state index in [0.717, 1.165) is 54.6 Å². The minimum Gasteiger partial charge on any atom is -0.496 e. The van der Waals surface area contributed by atoms with Gasteiger partial charge in [-0.2, -0.15) is 0 Å². The Hall–Kier alpha value is -3.06. The lowest BCUT2D eigenvalue weighted by Gasteiger charge is -2.16. The summed E-state index contributed by atoms with van der Waals surface area (Å²) in [6.45, 7) is 24.2. The van der Waals surface area contributed by atoms with Crippen LogP contribution >= 0.6 is 0 Å². The predicted octanol–water partition coefficient (Wildman–Crippen LogP) is 8.19. The summed E-state index contributed by atoms with van der Waals surface area (Å²) in [6.07, 6.45) is 10.0. The third-order valence-electron chi connectivity index (χ3n) is 5.99. The number of allylic oxidation sites excluding steroid dienone is 2. The highest BCUT2D eigenvalue weighted by atomic mass is 16.6. The zero-order valence-electron chi connectivity index (χ0n) is 27.3. The van der Waals surface area contributed by atoms with E-state index in [4.69, 9.17) is 18.9 Å². The summed E-state index contributed by atoms with van der Waals surface area (Å²) >= 11 is 0. The van der Waals surface area contributed by atoms with E-state index in [1.807, 2.05) is 52.0 Å². The largest absolute Gasteiger partial charge is 0.496 e. The zero-order valence-corrected chi connectivity index (χ0v) is 27.3. The fourth-order valence-electron chi connectivity index (χ4n) is 3.59. The van der Waals surface area contributed by atoms with Gasteiger partial charge in [-0.05, 0) is 75.1 Å². The summed E-state index contributed by atoms with van der Waals surface area (Å²) in [5.74, 6) is 3.34. The number of methoxy groups -OCH3 is 1. The van der Waals surface area contributed by atoms with Crippen molar-refractivity contribution in [3.05, 3.63) is 59.4 Å². The number of hydrogen-bond donors (Lipinski definition) is 0. The highest BCUT2D eigenvalue weighted by molar-refractivity contribution is 5.66. The Bertz CT molecular complexity index is 910. The fourth-order valence-corrected chi connectivity index (χ4v) is 3.59. The van der Waals surface area contributed by atoms with Crippen molar-refractivity contribution >= 4 is 12.4 Å². The van der Waals surface area contributed by atoms with Crippen LogP contribution in [0.1, 0.15) is 85.8 Å². The Morgan fingerprint density at radius 2 is 1.88 bits per heavy atom. The quantitative estimate of drug-likeness (QED) is 0.101. The van der Waals surface area contributed by atoms with Gasteiger partial charge in [-0.3, -0.25) is 9.59 Å². The molecule has 1 aliphatic rings. The molecule has 7 nitrogen and oxygen atoms in total. The average molecular weight is 577 g/mol. The smallest absolute Gasteiger partial charge is 0.302 e. The molecule has 0 radical (unpaired) electrons. The predicted molar refractivity (Wildman–Crippen MR) is 168 cm³/mol. The molecule has 1 unspecified atom stereocenters. The first kappa shape index (κ1) is 40.1. The normalized spacial score (nSPS) is 14.0. The van der Waals surface area contributed by atoms with Crippen LogP contribution in [0.15, 0.2) is 48.3 Å². The number of carbonyl (C=O) groups is 2. The molecule has 1 saturated heterocycles. The Labute approximate surface area is 249 Å². The fraction of sp³-hybridized carbons (Fsp3) is 0.588. The van der Waals surface area contributed by atoms with Gasteiger partial charge in [0.25, 0.3) is 6.47 Å². The summed E-state index contributed by atoms with van der Waals surface area (Å²) in [6, 6.07) is 3.99. The van der Waals surface area contributed by atoms with E-state index >= 15 is 0 Å². The molecule has 0 saturated carbocycles. The van der Waals surface area contributed by atoms with E-state index in [1.165, 1.54) is 25.3 Å². The number of aryl methyl sites for hydroxylation is 1. The van der Waals surface area contributed by atoms with Gasteiger partial charge in [-0.15, -0.1) is 0 Å². The van der Waals surface area contributed by atoms with E-state index in [-0.39, 0.29) is 12.6 Å². The van der Waals surface area contributed by atoms with Crippen molar-refractivity contribution in [2.75, 3.05) is 33.5 Å². The molecule has 1 aliphatic heterocycles. The van der Waals surface area contributed by atoms with E-state index in [2.05, 4.69) is 32.1 Å². The van der Waals surface area contributed by atoms with Crippen LogP contribution in [0.2, 0.25) is 0 Å². The minimum atomic E-state index is -0.273. The molecule has 7 heteroatoms. The first-order valence-corrected chi connectivity index (χ1v) is 14.7. The van der Waals surface area contributed by atoms with E-state index < -0.39 is 0 Å². The summed E-state index contributed by atoms with van der Waals surface area (Å²) in [7, 11) is 1.68. The first-order chi connectivity index (χ1) is 19.6. The van der Waals surface area contributed by atoms with Gasteiger partial charge in [0.05, 0.1) is 7.11 Å². The monoisotopic (exact) mass is 576 g/mol. The molecule has 41 heavy (non-hydrogen) atoms. The van der Waals surface area contributed by atoms with Crippen LogP contribution in [0.5, 0.6) is 11.5 Å². The van der Waals surface area contributed by atoms with Gasteiger partial charge in [0.1, 0.15) is 30.5 Å². The Morgan fingerprint density at radius 3 is 2.32 bits per heavy atom. The van der Waals surface area contributed by atoms with Gasteiger partial charge in [0.15, 0.2) is 0 Å². The van der Waals surface area contributed by atoms with Crippen molar-refractivity contribution in [1.29, 1.82) is 0 Å². The second-order valence-corrected chi connectivity index (χ2v) is 9.65. The zero-order chi connectivity index (χ0) is 31.6. The van der Waals surface area contributed by atoms with Gasteiger partial charge in [0, 0.05) is 25.7 Å². The van der Waals surface area contributed by atoms with Gasteiger partial charge in [-0.1, -0.05) is 65.8 Å². The van der Waals surface area contributed by atoms with Crippen molar-refractivity contribution < 1.29 is 33.3 Å². The summed E-state index contributed by atoms with van der Waals surface area (Å²) < 4.78 is 25.9. The average Bonchev–Trinajstić information content (AvgIpc) is 3.50. The van der Waals surface area contributed by atoms with Gasteiger partial charge in [-0.25, -0.2) is 0 Å². The highest BCUT2D eigenvalue weighted by Gasteiger charge is 2.13. The van der Waals surface area contributed by atoms with Crippen molar-refractivity contribution in [2.24, 2.45) is 11.8 Å². The molecule has 1 fully saturated rings. The Kier molecular flexibility index (Phi) is 25.3. The molecule has 234 valence electrons. The Morgan fingerprint density at radius 1 is 1.20 bits per heavy atom. The number of benzene rings is 1. The molecular formula is C34H56O7. The lowest BCUT2D eigenvalue weighted by Crippen LogP contribution is -2.06. The van der Waals surface area contributed by atoms with Crippen LogP contribution in [0.25, 0.3) is 0 Å². The van der Waals surface area contributed by atoms with Gasteiger partial charge in [0.2, 0.25) is 0 Å². The lowest BCUT2D eigenvalue weighted by atomic mass is 9.99. The highest BCUT2D eigenvalue weighted by Crippen LogP contribution is 2.33. The standard InChI is InChI=1S/C18H26O4.C8H12O2.C6H12O.C2H6/c1-6-16(22-12-19)11-21-17-10-9-15(8-7-13(2)3)18(20-5)14(17)4;1-4-5-7(2)6-10-8(3)9;1-2-6-3-4-7-5-6;1-2/h6,9-10,12-13H,7-8,11H2,1-5H3;4-5H,2,6H2,1,3H3;6H,2-5H2,1H3;1-2H3/b16-6+;5-4+;;. The van der Waals surface area contributed by atoms with Gasteiger partial charge < -0.3 is 23.7 Å². The summed E-state index contributed by atoms with van der Waals surface area (Å²) in [5, 5.41) is 0. The second-order valence-electron chi connectivity index (χ2n) is 9.65. The minimum absolute atomic E-state index is 0.213. The Balaban J connectivity index is 0.